The van der Waals surface area contributed by atoms with Gasteiger partial charge in [0.2, 0.25) is 5.91 Å². The zero-order valence-corrected chi connectivity index (χ0v) is 13.4. The molecule has 2 heterocycles. The highest BCUT2D eigenvalue weighted by molar-refractivity contribution is 7.16. The Morgan fingerprint density at radius 1 is 1.22 bits per heavy atom. The zero-order chi connectivity index (χ0) is 16.2. The molecule has 1 N–H and O–H groups in total. The molecule has 8 heteroatoms. The predicted octanol–water partition coefficient (Wildman–Crippen LogP) is 3.96. The van der Waals surface area contributed by atoms with Crippen molar-refractivity contribution in [2.45, 2.75) is 6.42 Å². The summed E-state index contributed by atoms with van der Waals surface area (Å²) in [5.74, 6) is -0.203. The molecule has 0 radical (unpaired) electrons. The van der Waals surface area contributed by atoms with E-state index in [1.165, 1.54) is 23.5 Å². The molecule has 0 saturated heterocycles. The molecule has 0 spiro atoms. The quantitative estimate of drug-likeness (QED) is 0.560. The highest BCUT2D eigenvalue weighted by atomic mass is 32.1. The van der Waals surface area contributed by atoms with Crippen molar-refractivity contribution in [2.24, 2.45) is 0 Å². The van der Waals surface area contributed by atoms with Gasteiger partial charge in [-0.25, -0.2) is 4.98 Å². The Morgan fingerprint density at radius 2 is 2.00 bits per heavy atom. The number of nitro benzene ring substituents is 1. The Hall–Kier alpha value is -2.58. The second-order valence-electron chi connectivity index (χ2n) is 4.66. The minimum Gasteiger partial charge on any atom is -0.302 e. The van der Waals surface area contributed by atoms with Crippen LogP contribution in [-0.2, 0) is 11.2 Å². The monoisotopic (exact) mass is 345 g/mol. The van der Waals surface area contributed by atoms with Crippen molar-refractivity contribution in [3.63, 3.8) is 0 Å². The summed E-state index contributed by atoms with van der Waals surface area (Å²) in [6, 6.07) is 9.86. The third-order valence-electron chi connectivity index (χ3n) is 3.04. The number of amides is 1. The van der Waals surface area contributed by atoms with E-state index >= 15 is 0 Å². The SMILES string of the molecule is O=C(Cc1ccc([N+](=O)[O-])cc1)Nc1nc(-c2cccs2)cs1. The summed E-state index contributed by atoms with van der Waals surface area (Å²) >= 11 is 2.96. The molecule has 3 rings (SSSR count). The molecule has 1 aromatic carbocycles. The van der Waals surface area contributed by atoms with Crippen LogP contribution in [0.25, 0.3) is 10.6 Å². The van der Waals surface area contributed by atoms with Gasteiger partial charge in [0.1, 0.15) is 0 Å². The van der Waals surface area contributed by atoms with Gasteiger partial charge in [-0.2, -0.15) is 0 Å². The van der Waals surface area contributed by atoms with Gasteiger partial charge in [-0.3, -0.25) is 14.9 Å². The largest absolute Gasteiger partial charge is 0.302 e. The van der Waals surface area contributed by atoms with Crippen LogP contribution in [0.1, 0.15) is 5.56 Å². The van der Waals surface area contributed by atoms with Crippen LogP contribution in [0.3, 0.4) is 0 Å². The van der Waals surface area contributed by atoms with Crippen molar-refractivity contribution >= 4 is 39.4 Å². The molecule has 116 valence electrons. The smallest absolute Gasteiger partial charge is 0.269 e. The van der Waals surface area contributed by atoms with E-state index in [0.717, 1.165) is 10.6 Å². The topological polar surface area (TPSA) is 85.1 Å². The standard InChI is InChI=1S/C15H11N3O3S2/c19-14(8-10-3-5-11(6-4-10)18(20)21)17-15-16-12(9-23-15)13-2-1-7-22-13/h1-7,9H,8H2,(H,16,17,19). The summed E-state index contributed by atoms with van der Waals surface area (Å²) in [7, 11) is 0. The van der Waals surface area contributed by atoms with Gasteiger partial charge in [-0.15, -0.1) is 22.7 Å². The van der Waals surface area contributed by atoms with Gasteiger partial charge in [0.15, 0.2) is 5.13 Å². The third kappa shape index (κ3) is 3.79. The Labute approximate surface area is 139 Å². The fraction of sp³-hybridized carbons (Fsp3) is 0.0667. The Morgan fingerprint density at radius 3 is 2.65 bits per heavy atom. The molecule has 0 fully saturated rings. The Balaban J connectivity index is 1.62. The van der Waals surface area contributed by atoms with E-state index in [2.05, 4.69) is 10.3 Å². The molecule has 0 aliphatic heterocycles. The number of carbonyl (C=O) groups is 1. The van der Waals surface area contributed by atoms with E-state index in [-0.39, 0.29) is 18.0 Å². The Bertz CT molecular complexity index is 826. The van der Waals surface area contributed by atoms with Gasteiger partial charge in [0.25, 0.3) is 5.69 Å². The number of nitrogens with zero attached hydrogens (tertiary/aromatic N) is 2. The fourth-order valence-electron chi connectivity index (χ4n) is 1.95. The molecule has 0 aliphatic carbocycles. The summed E-state index contributed by atoms with van der Waals surface area (Å²) in [6.07, 6.45) is 0.145. The average molecular weight is 345 g/mol. The predicted molar refractivity (Wildman–Crippen MR) is 90.9 cm³/mol. The first-order valence-corrected chi connectivity index (χ1v) is 8.40. The summed E-state index contributed by atoms with van der Waals surface area (Å²) in [5.41, 5.74) is 1.56. The number of benzene rings is 1. The average Bonchev–Trinajstić information content (AvgIpc) is 3.18. The zero-order valence-electron chi connectivity index (χ0n) is 11.8. The van der Waals surface area contributed by atoms with Crippen LogP contribution in [0.4, 0.5) is 10.8 Å². The second-order valence-corrected chi connectivity index (χ2v) is 6.47. The van der Waals surface area contributed by atoms with Crippen molar-refractivity contribution in [3.8, 4) is 10.6 Å². The van der Waals surface area contributed by atoms with E-state index in [1.807, 2.05) is 22.9 Å². The van der Waals surface area contributed by atoms with Crippen LogP contribution < -0.4 is 5.32 Å². The number of hydrogen-bond acceptors (Lipinski definition) is 6. The molecule has 1 amide bonds. The number of non-ortho nitro benzene ring substituents is 1. The molecular formula is C15H11N3O3S2. The Kier molecular flexibility index (Phi) is 4.45. The lowest BCUT2D eigenvalue weighted by molar-refractivity contribution is -0.384. The minimum atomic E-state index is -0.467. The minimum absolute atomic E-state index is 0.00895. The molecule has 0 saturated carbocycles. The summed E-state index contributed by atoms with van der Waals surface area (Å²) < 4.78 is 0. The molecule has 0 unspecified atom stereocenters. The van der Waals surface area contributed by atoms with E-state index in [4.69, 9.17) is 0 Å². The molecule has 0 bridgehead atoms. The molecule has 23 heavy (non-hydrogen) atoms. The number of thiophene rings is 1. The van der Waals surface area contributed by atoms with Gasteiger partial charge in [0.05, 0.1) is 21.9 Å². The summed E-state index contributed by atoms with van der Waals surface area (Å²) in [6.45, 7) is 0. The van der Waals surface area contributed by atoms with Crippen molar-refractivity contribution in [1.82, 2.24) is 4.98 Å². The van der Waals surface area contributed by atoms with Crippen LogP contribution >= 0.6 is 22.7 Å². The highest BCUT2D eigenvalue weighted by Gasteiger charge is 2.10. The first-order chi connectivity index (χ1) is 11.1. The van der Waals surface area contributed by atoms with Crippen molar-refractivity contribution < 1.29 is 9.72 Å². The van der Waals surface area contributed by atoms with E-state index in [9.17, 15) is 14.9 Å². The number of rotatable bonds is 5. The van der Waals surface area contributed by atoms with Crippen molar-refractivity contribution in [1.29, 1.82) is 0 Å². The fourth-order valence-corrected chi connectivity index (χ4v) is 3.44. The number of aromatic nitrogens is 1. The first-order valence-electron chi connectivity index (χ1n) is 6.64. The van der Waals surface area contributed by atoms with Gasteiger partial charge in [-0.1, -0.05) is 18.2 Å². The lowest BCUT2D eigenvalue weighted by Gasteiger charge is -2.02. The lowest BCUT2D eigenvalue weighted by atomic mass is 10.1. The van der Waals surface area contributed by atoms with E-state index in [1.54, 1.807) is 23.5 Å². The molecular weight excluding hydrogens is 334 g/mol. The first kappa shape index (κ1) is 15.3. The molecule has 0 aliphatic rings. The lowest BCUT2D eigenvalue weighted by Crippen LogP contribution is -2.14. The highest BCUT2D eigenvalue weighted by Crippen LogP contribution is 2.28. The molecule has 2 aromatic heterocycles. The number of nitrogens with one attached hydrogen (secondary N) is 1. The van der Waals surface area contributed by atoms with E-state index in [0.29, 0.717) is 10.7 Å². The molecule has 0 atom stereocenters. The number of nitro groups is 1. The third-order valence-corrected chi connectivity index (χ3v) is 4.69. The van der Waals surface area contributed by atoms with Gasteiger partial charge in [-0.05, 0) is 17.0 Å². The molecule has 6 nitrogen and oxygen atoms in total. The summed E-state index contributed by atoms with van der Waals surface area (Å²) in [5, 5.41) is 17.8. The normalized spacial score (nSPS) is 10.4. The van der Waals surface area contributed by atoms with Crippen LogP contribution in [0, 0.1) is 10.1 Å². The molecule has 3 aromatic rings. The number of carbonyl (C=O) groups excluding carboxylic acids is 1. The number of thiazole rings is 1. The van der Waals surface area contributed by atoms with Crippen molar-refractivity contribution in [2.75, 3.05) is 5.32 Å². The van der Waals surface area contributed by atoms with Gasteiger partial charge in [0, 0.05) is 17.5 Å². The van der Waals surface area contributed by atoms with Crippen molar-refractivity contribution in [3.05, 3.63) is 62.8 Å². The second kappa shape index (κ2) is 6.67. The van der Waals surface area contributed by atoms with Crippen LogP contribution in [-0.4, -0.2) is 15.8 Å². The van der Waals surface area contributed by atoms with Gasteiger partial charge >= 0.3 is 0 Å². The summed E-state index contributed by atoms with van der Waals surface area (Å²) in [4.78, 5) is 27.6. The maximum absolute atomic E-state index is 12.0. The van der Waals surface area contributed by atoms with Crippen LogP contribution in [0.15, 0.2) is 47.2 Å². The number of hydrogen-bond donors (Lipinski definition) is 1. The maximum Gasteiger partial charge on any atom is 0.269 e. The van der Waals surface area contributed by atoms with Gasteiger partial charge < -0.3 is 5.32 Å². The van der Waals surface area contributed by atoms with Crippen LogP contribution in [0.2, 0.25) is 0 Å². The van der Waals surface area contributed by atoms with Crippen LogP contribution in [0.5, 0.6) is 0 Å². The number of anilines is 1. The maximum atomic E-state index is 12.0. The van der Waals surface area contributed by atoms with E-state index < -0.39 is 4.92 Å².